The van der Waals surface area contributed by atoms with Crippen molar-refractivity contribution in [3.8, 4) is 0 Å². The van der Waals surface area contributed by atoms with Gasteiger partial charge >= 0.3 is 0 Å². The van der Waals surface area contributed by atoms with Gasteiger partial charge in [0.15, 0.2) is 5.96 Å². The molecule has 8 heteroatoms. The molecule has 2 N–H and O–H groups in total. The Morgan fingerprint density at radius 1 is 1.27 bits per heavy atom. The molecule has 1 aliphatic rings. The second-order valence-corrected chi connectivity index (χ2v) is 5.97. The van der Waals surface area contributed by atoms with Gasteiger partial charge in [-0.1, -0.05) is 12.1 Å². The van der Waals surface area contributed by atoms with Crippen LogP contribution in [0.3, 0.4) is 0 Å². The van der Waals surface area contributed by atoms with Gasteiger partial charge in [0.05, 0.1) is 6.33 Å². The summed E-state index contributed by atoms with van der Waals surface area (Å²) in [6.45, 7) is 3.11. The summed E-state index contributed by atoms with van der Waals surface area (Å²) in [5, 5.41) is 6.57. The second-order valence-electron chi connectivity index (χ2n) is 5.97. The number of halogens is 1. The number of carbonyl (C=O) groups is 1. The highest BCUT2D eigenvalue weighted by atomic mass is 127. The fraction of sp³-hybridized carbons (Fsp3) is 0.389. The lowest BCUT2D eigenvalue weighted by atomic mass is 10.2. The number of nitrogens with zero attached hydrogens (tertiary/aromatic N) is 4. The maximum absolute atomic E-state index is 11.8. The highest BCUT2D eigenvalue weighted by Gasteiger charge is 2.21. The second kappa shape index (κ2) is 10.1. The third kappa shape index (κ3) is 5.45. The smallest absolute Gasteiger partial charge is 0.227 e. The van der Waals surface area contributed by atoms with E-state index >= 15 is 0 Å². The number of carbonyl (C=O) groups excluding carboxylic acids is 1. The number of aliphatic imine (C=N–C) groups is 1. The summed E-state index contributed by atoms with van der Waals surface area (Å²) >= 11 is 0. The molecule has 1 aliphatic heterocycles. The highest BCUT2D eigenvalue weighted by Crippen LogP contribution is 2.21. The molecule has 3 rings (SSSR count). The number of aromatic nitrogens is 2. The summed E-state index contributed by atoms with van der Waals surface area (Å²) in [6.07, 6.45) is 7.11. The van der Waals surface area contributed by atoms with Gasteiger partial charge in [-0.15, -0.1) is 24.0 Å². The molecule has 0 spiro atoms. The van der Waals surface area contributed by atoms with Crippen molar-refractivity contribution in [3.05, 3.63) is 48.5 Å². The van der Waals surface area contributed by atoms with Gasteiger partial charge in [-0.2, -0.15) is 0 Å². The van der Waals surface area contributed by atoms with Crippen molar-refractivity contribution < 1.29 is 4.79 Å². The van der Waals surface area contributed by atoms with Crippen LogP contribution in [0, 0.1) is 0 Å². The van der Waals surface area contributed by atoms with Crippen molar-refractivity contribution in [2.24, 2.45) is 4.99 Å². The van der Waals surface area contributed by atoms with Gasteiger partial charge in [0, 0.05) is 57.7 Å². The molecule has 0 bridgehead atoms. The van der Waals surface area contributed by atoms with E-state index in [2.05, 4.69) is 20.6 Å². The predicted octanol–water partition coefficient (Wildman–Crippen LogP) is 1.99. The predicted molar refractivity (Wildman–Crippen MR) is 114 cm³/mol. The molecular formula is C18H25IN6O. The summed E-state index contributed by atoms with van der Waals surface area (Å²) in [5.41, 5.74) is 2.13. The number of imidazole rings is 1. The van der Waals surface area contributed by atoms with Gasteiger partial charge in [0.1, 0.15) is 0 Å². The topological polar surface area (TPSA) is 74.6 Å². The number of rotatable bonds is 6. The first-order valence-electron chi connectivity index (χ1n) is 8.56. The van der Waals surface area contributed by atoms with Gasteiger partial charge in [-0.05, 0) is 24.1 Å². The zero-order chi connectivity index (χ0) is 17.5. The van der Waals surface area contributed by atoms with Crippen LogP contribution in [0.2, 0.25) is 0 Å². The summed E-state index contributed by atoms with van der Waals surface area (Å²) in [6, 6.07) is 8.12. The number of anilines is 1. The minimum Gasteiger partial charge on any atom is -0.355 e. The molecule has 1 aromatic heterocycles. The maximum atomic E-state index is 11.8. The van der Waals surface area contributed by atoms with E-state index in [9.17, 15) is 4.79 Å². The van der Waals surface area contributed by atoms with Gasteiger partial charge in [0.2, 0.25) is 5.91 Å². The van der Waals surface area contributed by atoms with Crippen molar-refractivity contribution in [3.63, 3.8) is 0 Å². The van der Waals surface area contributed by atoms with Crippen molar-refractivity contribution in [2.45, 2.75) is 25.9 Å². The van der Waals surface area contributed by atoms with E-state index in [4.69, 9.17) is 0 Å². The summed E-state index contributed by atoms with van der Waals surface area (Å²) in [5.74, 6) is 0.979. The number of amides is 1. The highest BCUT2D eigenvalue weighted by molar-refractivity contribution is 14.0. The zero-order valence-corrected chi connectivity index (χ0v) is 17.2. The lowest BCUT2D eigenvalue weighted by Gasteiger charge is -2.16. The van der Waals surface area contributed by atoms with Crippen molar-refractivity contribution >= 4 is 41.5 Å². The van der Waals surface area contributed by atoms with Crippen LogP contribution in [0.15, 0.2) is 48.0 Å². The Balaban J connectivity index is 0.00000243. The lowest BCUT2D eigenvalue weighted by Crippen LogP contribution is -2.38. The Bertz CT molecular complexity index is 714. The van der Waals surface area contributed by atoms with Crippen LogP contribution >= 0.6 is 24.0 Å². The fourth-order valence-electron chi connectivity index (χ4n) is 2.84. The van der Waals surface area contributed by atoms with Crippen molar-refractivity contribution in [1.82, 2.24) is 20.2 Å². The van der Waals surface area contributed by atoms with Crippen LogP contribution in [0.1, 0.15) is 18.4 Å². The average Bonchev–Trinajstić information content (AvgIpc) is 3.30. The summed E-state index contributed by atoms with van der Waals surface area (Å²) in [4.78, 5) is 21.9. The fourth-order valence-corrected chi connectivity index (χ4v) is 2.84. The number of benzene rings is 1. The van der Waals surface area contributed by atoms with E-state index < -0.39 is 0 Å². The number of guanidine groups is 1. The minimum atomic E-state index is 0. The normalized spacial score (nSPS) is 14.3. The quantitative estimate of drug-likeness (QED) is 0.387. The third-order valence-corrected chi connectivity index (χ3v) is 4.23. The number of hydrogen-bond acceptors (Lipinski definition) is 3. The molecule has 0 radical (unpaired) electrons. The molecule has 0 saturated carbocycles. The van der Waals surface area contributed by atoms with E-state index in [1.165, 1.54) is 0 Å². The van der Waals surface area contributed by atoms with E-state index in [0.29, 0.717) is 13.0 Å². The van der Waals surface area contributed by atoms with Crippen molar-refractivity contribution in [1.29, 1.82) is 0 Å². The van der Waals surface area contributed by atoms with Crippen LogP contribution in [-0.4, -0.2) is 41.6 Å². The molecule has 26 heavy (non-hydrogen) atoms. The van der Waals surface area contributed by atoms with Gasteiger partial charge in [-0.3, -0.25) is 9.79 Å². The monoisotopic (exact) mass is 468 g/mol. The lowest BCUT2D eigenvalue weighted by molar-refractivity contribution is -0.117. The Hall–Kier alpha value is -2.10. The molecule has 0 atom stereocenters. The molecule has 2 heterocycles. The third-order valence-electron chi connectivity index (χ3n) is 4.23. The first kappa shape index (κ1) is 20.2. The van der Waals surface area contributed by atoms with Crippen molar-refractivity contribution in [2.75, 3.05) is 25.0 Å². The van der Waals surface area contributed by atoms with Gasteiger partial charge in [-0.25, -0.2) is 4.98 Å². The Kier molecular flexibility index (Phi) is 7.89. The van der Waals surface area contributed by atoms with Gasteiger partial charge in [0.25, 0.3) is 0 Å². The average molecular weight is 468 g/mol. The molecule has 0 unspecified atom stereocenters. The minimum absolute atomic E-state index is 0. The van der Waals surface area contributed by atoms with E-state index in [0.717, 1.165) is 43.3 Å². The molecule has 0 aliphatic carbocycles. The van der Waals surface area contributed by atoms with Crippen LogP contribution in [0.4, 0.5) is 5.69 Å². The molecule has 1 saturated heterocycles. The first-order chi connectivity index (χ1) is 12.3. The van der Waals surface area contributed by atoms with Crippen LogP contribution in [0.25, 0.3) is 0 Å². The van der Waals surface area contributed by atoms with Crippen LogP contribution < -0.4 is 15.5 Å². The van der Waals surface area contributed by atoms with E-state index in [1.807, 2.05) is 39.9 Å². The Morgan fingerprint density at radius 3 is 2.69 bits per heavy atom. The number of nitrogens with one attached hydrogen (secondary N) is 2. The SMILES string of the molecule is CN=C(NCCn1ccnc1)NCc1ccc(N2CCCC2=O)cc1.I. The van der Waals surface area contributed by atoms with Crippen LogP contribution in [-0.2, 0) is 17.9 Å². The molecule has 7 nitrogen and oxygen atoms in total. The summed E-state index contributed by atoms with van der Waals surface area (Å²) in [7, 11) is 1.76. The largest absolute Gasteiger partial charge is 0.355 e. The number of hydrogen-bond donors (Lipinski definition) is 2. The van der Waals surface area contributed by atoms with E-state index in [-0.39, 0.29) is 29.9 Å². The van der Waals surface area contributed by atoms with Crippen LogP contribution in [0.5, 0.6) is 0 Å². The Morgan fingerprint density at radius 2 is 2.08 bits per heavy atom. The van der Waals surface area contributed by atoms with E-state index in [1.54, 1.807) is 19.6 Å². The van der Waals surface area contributed by atoms with Gasteiger partial charge < -0.3 is 20.1 Å². The standard InChI is InChI=1S/C18H24N6O.HI/c1-19-18(21-9-12-23-11-8-20-14-23)22-13-15-4-6-16(7-5-15)24-10-2-3-17(24)25;/h4-8,11,14H,2-3,9-10,12-13H2,1H3,(H2,19,21,22);1H. The molecule has 140 valence electrons. The first-order valence-corrected chi connectivity index (χ1v) is 8.56. The molecule has 1 amide bonds. The summed E-state index contributed by atoms with van der Waals surface area (Å²) < 4.78 is 2.01. The molecular weight excluding hydrogens is 443 g/mol. The molecule has 1 aromatic carbocycles. The maximum Gasteiger partial charge on any atom is 0.227 e. The molecule has 2 aromatic rings. The zero-order valence-electron chi connectivity index (χ0n) is 14.9. The molecule has 1 fully saturated rings. The Labute approximate surface area is 170 Å².